The molecule has 0 saturated heterocycles. The molecule has 0 aliphatic heterocycles. The van der Waals surface area contributed by atoms with E-state index in [2.05, 4.69) is 6.92 Å². The molecule has 0 aromatic carbocycles. The van der Waals surface area contributed by atoms with Crippen LogP contribution in [0.2, 0.25) is 0 Å². The van der Waals surface area contributed by atoms with Crippen LogP contribution in [0, 0.1) is 29.6 Å². The standard InChI is InChI=1S/C25H44F2O2/c1-5-18(4)29-25-17(3)14-22(23(26)24(25)27)28-15-19-8-12-21(13-9-19)20-10-6-16(2)7-11-20/h16-25H,5-15H2,1-4H3. The molecule has 170 valence electrons. The molecule has 0 radical (unpaired) electrons. The Labute approximate surface area is 177 Å². The molecule has 6 unspecified atom stereocenters. The van der Waals surface area contributed by atoms with Gasteiger partial charge >= 0.3 is 0 Å². The molecule has 0 bridgehead atoms. The van der Waals surface area contributed by atoms with Gasteiger partial charge in [-0.05, 0) is 87.9 Å². The number of hydrogen-bond donors (Lipinski definition) is 0. The predicted molar refractivity (Wildman–Crippen MR) is 115 cm³/mol. The van der Waals surface area contributed by atoms with Crippen LogP contribution in [0.4, 0.5) is 8.78 Å². The summed E-state index contributed by atoms with van der Waals surface area (Å²) in [6.07, 6.45) is 7.52. The van der Waals surface area contributed by atoms with E-state index in [1.807, 2.05) is 20.8 Å². The average molecular weight is 415 g/mol. The highest BCUT2D eigenvalue weighted by molar-refractivity contribution is 4.94. The smallest absolute Gasteiger partial charge is 0.160 e. The quantitative estimate of drug-likeness (QED) is 0.451. The predicted octanol–water partition coefficient (Wildman–Crippen LogP) is 6.90. The zero-order valence-corrected chi connectivity index (χ0v) is 19.1. The molecule has 3 rings (SSSR count). The first-order valence-corrected chi connectivity index (χ1v) is 12.4. The van der Waals surface area contributed by atoms with E-state index in [-0.39, 0.29) is 12.0 Å². The minimum Gasteiger partial charge on any atom is -0.375 e. The van der Waals surface area contributed by atoms with Crippen LogP contribution in [0.25, 0.3) is 0 Å². The van der Waals surface area contributed by atoms with E-state index in [0.29, 0.717) is 18.9 Å². The first-order chi connectivity index (χ1) is 13.9. The molecular formula is C25H44F2O2. The van der Waals surface area contributed by atoms with Crippen LogP contribution in [-0.2, 0) is 9.47 Å². The lowest BCUT2D eigenvalue weighted by molar-refractivity contribution is -0.158. The minimum absolute atomic E-state index is 0.0135. The Kier molecular flexibility index (Phi) is 8.80. The molecule has 29 heavy (non-hydrogen) atoms. The van der Waals surface area contributed by atoms with E-state index in [0.717, 1.165) is 24.2 Å². The van der Waals surface area contributed by atoms with E-state index < -0.39 is 24.6 Å². The van der Waals surface area contributed by atoms with Crippen LogP contribution in [0.5, 0.6) is 0 Å². The molecule has 3 aliphatic rings. The molecule has 0 heterocycles. The Morgan fingerprint density at radius 1 is 0.862 bits per heavy atom. The Hall–Kier alpha value is -0.220. The van der Waals surface area contributed by atoms with Crippen molar-refractivity contribution in [1.29, 1.82) is 0 Å². The third-order valence-corrected chi connectivity index (χ3v) is 8.27. The molecule has 0 aromatic heterocycles. The maximum absolute atomic E-state index is 14.7. The van der Waals surface area contributed by atoms with Crippen LogP contribution in [0.15, 0.2) is 0 Å². The molecule has 0 N–H and O–H groups in total. The van der Waals surface area contributed by atoms with Crippen molar-refractivity contribution in [3.8, 4) is 0 Å². The number of alkyl halides is 2. The number of halogens is 2. The first kappa shape index (κ1) is 23.4. The van der Waals surface area contributed by atoms with Gasteiger partial charge in [0.2, 0.25) is 0 Å². The Morgan fingerprint density at radius 3 is 2.03 bits per heavy atom. The summed E-state index contributed by atoms with van der Waals surface area (Å²) in [5.74, 6) is 3.23. The Balaban J connectivity index is 1.40. The van der Waals surface area contributed by atoms with Gasteiger partial charge in [-0.2, -0.15) is 0 Å². The fourth-order valence-corrected chi connectivity index (χ4v) is 5.91. The average Bonchev–Trinajstić information content (AvgIpc) is 2.73. The maximum atomic E-state index is 14.7. The SMILES string of the molecule is CCC(C)OC1C(C)CC(OCC2CCC(C3CCC(C)CC3)CC2)C(F)C1F. The van der Waals surface area contributed by atoms with E-state index >= 15 is 0 Å². The van der Waals surface area contributed by atoms with Crippen molar-refractivity contribution in [1.82, 2.24) is 0 Å². The van der Waals surface area contributed by atoms with Crippen LogP contribution in [0.1, 0.15) is 91.9 Å². The summed E-state index contributed by atoms with van der Waals surface area (Å²) in [5, 5.41) is 0. The highest BCUT2D eigenvalue weighted by Gasteiger charge is 2.46. The second-order valence-electron chi connectivity index (χ2n) is 10.6. The van der Waals surface area contributed by atoms with Gasteiger partial charge in [-0.15, -0.1) is 0 Å². The monoisotopic (exact) mass is 414 g/mol. The van der Waals surface area contributed by atoms with E-state index in [1.54, 1.807) is 0 Å². The normalized spacial score (nSPS) is 45.1. The Morgan fingerprint density at radius 2 is 1.45 bits per heavy atom. The summed E-state index contributed by atoms with van der Waals surface area (Å²) in [6, 6.07) is 0. The highest BCUT2D eigenvalue weighted by Crippen LogP contribution is 2.42. The topological polar surface area (TPSA) is 18.5 Å². The van der Waals surface area contributed by atoms with Gasteiger partial charge < -0.3 is 9.47 Å². The van der Waals surface area contributed by atoms with Crippen LogP contribution < -0.4 is 0 Å². The molecule has 0 aromatic rings. The minimum atomic E-state index is -1.58. The summed E-state index contributed by atoms with van der Waals surface area (Å²) in [5.41, 5.74) is 0. The van der Waals surface area contributed by atoms with E-state index in [1.165, 1.54) is 51.4 Å². The van der Waals surface area contributed by atoms with Gasteiger partial charge in [-0.3, -0.25) is 0 Å². The molecule has 3 fully saturated rings. The summed E-state index contributed by atoms with van der Waals surface area (Å²) in [4.78, 5) is 0. The second kappa shape index (κ2) is 10.9. The largest absolute Gasteiger partial charge is 0.375 e. The third-order valence-electron chi connectivity index (χ3n) is 8.27. The zero-order chi connectivity index (χ0) is 21.0. The number of hydrogen-bond acceptors (Lipinski definition) is 2. The van der Waals surface area contributed by atoms with Crippen molar-refractivity contribution >= 4 is 0 Å². The van der Waals surface area contributed by atoms with E-state index in [9.17, 15) is 8.78 Å². The summed E-state index contributed by atoms with van der Waals surface area (Å²) >= 11 is 0. The third kappa shape index (κ3) is 6.15. The highest BCUT2D eigenvalue weighted by atomic mass is 19.2. The Bertz CT molecular complexity index is 471. The van der Waals surface area contributed by atoms with Gasteiger partial charge in [0.25, 0.3) is 0 Å². The maximum Gasteiger partial charge on any atom is 0.160 e. The second-order valence-corrected chi connectivity index (χ2v) is 10.6. The molecule has 4 heteroatoms. The first-order valence-electron chi connectivity index (χ1n) is 12.4. The lowest BCUT2D eigenvalue weighted by Gasteiger charge is -2.41. The van der Waals surface area contributed by atoms with Crippen molar-refractivity contribution in [3.63, 3.8) is 0 Å². The van der Waals surface area contributed by atoms with Gasteiger partial charge in [0.1, 0.15) is 0 Å². The molecule has 0 amide bonds. The number of rotatable bonds is 7. The van der Waals surface area contributed by atoms with Crippen molar-refractivity contribution in [3.05, 3.63) is 0 Å². The van der Waals surface area contributed by atoms with Gasteiger partial charge in [0.15, 0.2) is 12.3 Å². The zero-order valence-electron chi connectivity index (χ0n) is 19.1. The van der Waals surface area contributed by atoms with Crippen LogP contribution in [-0.4, -0.2) is 37.3 Å². The summed E-state index contributed by atoms with van der Waals surface area (Å²) < 4.78 is 41.2. The molecule has 3 aliphatic carbocycles. The molecule has 2 nitrogen and oxygen atoms in total. The van der Waals surface area contributed by atoms with Crippen LogP contribution in [0.3, 0.4) is 0 Å². The van der Waals surface area contributed by atoms with E-state index in [4.69, 9.17) is 9.47 Å². The lowest BCUT2D eigenvalue weighted by atomic mass is 9.69. The van der Waals surface area contributed by atoms with Gasteiger partial charge in [0.05, 0.1) is 18.3 Å². The molecule has 0 spiro atoms. The molecular weight excluding hydrogens is 370 g/mol. The summed E-state index contributed by atoms with van der Waals surface area (Å²) in [6.45, 7) is 8.89. The molecule has 6 atom stereocenters. The van der Waals surface area contributed by atoms with Gasteiger partial charge in [-0.25, -0.2) is 8.78 Å². The lowest BCUT2D eigenvalue weighted by Crippen LogP contribution is -2.51. The summed E-state index contributed by atoms with van der Waals surface area (Å²) in [7, 11) is 0. The van der Waals surface area contributed by atoms with Crippen molar-refractivity contribution in [2.75, 3.05) is 6.61 Å². The van der Waals surface area contributed by atoms with Crippen molar-refractivity contribution < 1.29 is 18.3 Å². The fraction of sp³-hybridized carbons (Fsp3) is 1.00. The molecule has 3 saturated carbocycles. The van der Waals surface area contributed by atoms with Crippen LogP contribution >= 0.6 is 0 Å². The van der Waals surface area contributed by atoms with Gasteiger partial charge in [0, 0.05) is 6.61 Å². The van der Waals surface area contributed by atoms with Crippen molar-refractivity contribution in [2.24, 2.45) is 29.6 Å². The van der Waals surface area contributed by atoms with Gasteiger partial charge in [-0.1, -0.05) is 33.6 Å². The van der Waals surface area contributed by atoms with Crippen molar-refractivity contribution in [2.45, 2.75) is 123 Å². The number of ether oxygens (including phenoxy) is 2. The fourth-order valence-electron chi connectivity index (χ4n) is 5.91.